The van der Waals surface area contributed by atoms with E-state index in [1.54, 1.807) is 0 Å². The van der Waals surface area contributed by atoms with Crippen LogP contribution >= 0.6 is 11.6 Å². The quantitative estimate of drug-likeness (QED) is 0.399. The Bertz CT molecular complexity index is 1190. The topological polar surface area (TPSA) is 31.6 Å². The molecule has 3 nitrogen and oxygen atoms in total. The van der Waals surface area contributed by atoms with Crippen LogP contribution in [-0.4, -0.2) is 18.3 Å². The summed E-state index contributed by atoms with van der Waals surface area (Å²) < 4.78 is 18.6. The molecule has 0 saturated carbocycles. The van der Waals surface area contributed by atoms with Gasteiger partial charge in [-0.2, -0.15) is 0 Å². The summed E-state index contributed by atoms with van der Waals surface area (Å²) in [6, 6.07) is 16.2. The molecule has 1 aliphatic rings. The summed E-state index contributed by atoms with van der Waals surface area (Å²) >= 11 is 6.13. The lowest BCUT2D eigenvalue weighted by Crippen LogP contribution is -2.41. The van der Waals surface area contributed by atoms with Gasteiger partial charge in [0.25, 0.3) is 0 Å². The van der Waals surface area contributed by atoms with Crippen LogP contribution in [0.2, 0.25) is 5.02 Å². The van der Waals surface area contributed by atoms with Gasteiger partial charge in [-0.3, -0.25) is 0 Å². The van der Waals surface area contributed by atoms with Gasteiger partial charge in [0.05, 0.1) is 11.2 Å². The lowest BCUT2D eigenvalue weighted by atomic mass is 9.78. The van der Waals surface area contributed by atoms with Crippen LogP contribution < -0.4 is 5.46 Å². The van der Waals surface area contributed by atoms with Crippen molar-refractivity contribution in [2.45, 2.75) is 38.9 Å². The molecule has 0 radical (unpaired) electrons. The van der Waals surface area contributed by atoms with Crippen molar-refractivity contribution in [2.24, 2.45) is 0 Å². The van der Waals surface area contributed by atoms with Gasteiger partial charge in [0, 0.05) is 21.2 Å². The molecule has 2 heterocycles. The Labute approximate surface area is 163 Å². The van der Waals surface area contributed by atoms with Crippen LogP contribution in [0.15, 0.2) is 52.9 Å². The zero-order valence-corrected chi connectivity index (χ0v) is 16.6. The van der Waals surface area contributed by atoms with Crippen LogP contribution in [0.25, 0.3) is 32.7 Å². The van der Waals surface area contributed by atoms with E-state index in [9.17, 15) is 0 Å². The Morgan fingerprint density at radius 3 is 2.22 bits per heavy atom. The molecule has 136 valence electrons. The van der Waals surface area contributed by atoms with Crippen LogP contribution in [-0.2, 0) is 9.31 Å². The molecule has 0 aliphatic carbocycles. The summed E-state index contributed by atoms with van der Waals surface area (Å²) in [5, 5.41) is 5.00. The van der Waals surface area contributed by atoms with Crippen molar-refractivity contribution in [2.75, 3.05) is 0 Å². The number of furan rings is 1. The van der Waals surface area contributed by atoms with Crippen molar-refractivity contribution in [3.8, 4) is 0 Å². The number of fused-ring (bicyclic) bond motifs is 5. The zero-order chi connectivity index (χ0) is 19.0. The van der Waals surface area contributed by atoms with E-state index in [2.05, 4.69) is 45.9 Å². The molecule has 1 aromatic heterocycles. The fourth-order valence-corrected chi connectivity index (χ4v) is 3.86. The number of rotatable bonds is 1. The van der Waals surface area contributed by atoms with Crippen molar-refractivity contribution in [1.29, 1.82) is 0 Å². The molecular weight excluding hydrogens is 359 g/mol. The van der Waals surface area contributed by atoms with Gasteiger partial charge >= 0.3 is 7.12 Å². The molecule has 27 heavy (non-hydrogen) atoms. The van der Waals surface area contributed by atoms with E-state index < -0.39 is 0 Å². The molecule has 0 bridgehead atoms. The fourth-order valence-electron chi connectivity index (χ4n) is 3.68. The van der Waals surface area contributed by atoms with Gasteiger partial charge in [0.2, 0.25) is 0 Å². The third-order valence-electron chi connectivity index (χ3n) is 5.96. The van der Waals surface area contributed by atoms with Gasteiger partial charge in [-0.15, -0.1) is 0 Å². The van der Waals surface area contributed by atoms with Gasteiger partial charge in [0.1, 0.15) is 11.2 Å². The molecule has 1 saturated heterocycles. The summed E-state index contributed by atoms with van der Waals surface area (Å²) in [6.45, 7) is 8.26. The minimum Gasteiger partial charge on any atom is -0.455 e. The first-order valence-electron chi connectivity index (χ1n) is 9.15. The summed E-state index contributed by atoms with van der Waals surface area (Å²) in [7, 11) is -0.386. The molecule has 0 N–H and O–H groups in total. The van der Waals surface area contributed by atoms with Gasteiger partial charge in [-0.25, -0.2) is 0 Å². The normalized spacial score (nSPS) is 18.8. The maximum absolute atomic E-state index is 6.20. The fraction of sp³-hybridized carbons (Fsp3) is 0.273. The third-order valence-corrected chi connectivity index (χ3v) is 6.20. The predicted octanol–water partition coefficient (Wildman–Crippen LogP) is 5.69. The number of hydrogen-bond donors (Lipinski definition) is 0. The molecule has 5 heteroatoms. The molecule has 1 fully saturated rings. The third kappa shape index (κ3) is 2.51. The molecule has 5 rings (SSSR count). The van der Waals surface area contributed by atoms with E-state index in [0.717, 1.165) is 43.2 Å². The first-order valence-corrected chi connectivity index (χ1v) is 9.53. The molecule has 4 aromatic rings. The maximum atomic E-state index is 6.20. The van der Waals surface area contributed by atoms with Crippen molar-refractivity contribution in [3.05, 3.63) is 53.6 Å². The van der Waals surface area contributed by atoms with Crippen LogP contribution in [0.3, 0.4) is 0 Å². The summed E-state index contributed by atoms with van der Waals surface area (Å²) in [5.41, 5.74) is 2.01. The predicted molar refractivity (Wildman–Crippen MR) is 112 cm³/mol. The van der Waals surface area contributed by atoms with E-state index in [4.69, 9.17) is 25.3 Å². The zero-order valence-electron chi connectivity index (χ0n) is 15.8. The summed E-state index contributed by atoms with van der Waals surface area (Å²) in [5.74, 6) is 0. The Kier molecular flexibility index (Phi) is 3.49. The highest BCUT2D eigenvalue weighted by Crippen LogP contribution is 2.38. The highest BCUT2D eigenvalue weighted by atomic mass is 35.5. The van der Waals surface area contributed by atoms with Gasteiger partial charge in [-0.05, 0) is 68.9 Å². The Morgan fingerprint density at radius 1 is 0.778 bits per heavy atom. The van der Waals surface area contributed by atoms with E-state index in [-0.39, 0.29) is 18.3 Å². The minimum absolute atomic E-state index is 0.361. The van der Waals surface area contributed by atoms with Crippen LogP contribution in [0, 0.1) is 0 Å². The first-order chi connectivity index (χ1) is 12.7. The molecule has 0 spiro atoms. The lowest BCUT2D eigenvalue weighted by Gasteiger charge is -2.32. The maximum Gasteiger partial charge on any atom is 0.494 e. The van der Waals surface area contributed by atoms with E-state index in [1.165, 1.54) is 0 Å². The highest BCUT2D eigenvalue weighted by molar-refractivity contribution is 6.62. The summed E-state index contributed by atoms with van der Waals surface area (Å²) in [4.78, 5) is 0. The smallest absolute Gasteiger partial charge is 0.455 e. The Balaban J connectivity index is 1.68. The van der Waals surface area contributed by atoms with Gasteiger partial charge < -0.3 is 13.7 Å². The van der Waals surface area contributed by atoms with Crippen molar-refractivity contribution in [3.63, 3.8) is 0 Å². The average Bonchev–Trinajstić information content (AvgIpc) is 3.08. The highest BCUT2D eigenvalue weighted by Gasteiger charge is 2.51. The molecule has 3 aromatic carbocycles. The van der Waals surface area contributed by atoms with E-state index >= 15 is 0 Å². The van der Waals surface area contributed by atoms with E-state index in [1.807, 2.05) is 30.3 Å². The number of halogens is 1. The van der Waals surface area contributed by atoms with Crippen LogP contribution in [0.5, 0.6) is 0 Å². The molecule has 0 atom stereocenters. The second kappa shape index (κ2) is 5.51. The van der Waals surface area contributed by atoms with Crippen LogP contribution in [0.4, 0.5) is 0 Å². The number of benzene rings is 3. The number of hydrogen-bond acceptors (Lipinski definition) is 3. The van der Waals surface area contributed by atoms with Gasteiger partial charge in [-0.1, -0.05) is 29.8 Å². The Morgan fingerprint density at radius 2 is 1.48 bits per heavy atom. The SMILES string of the molecule is CC1(C)OB(c2ccc3oc4c5ccc(Cl)cc5ccc4c3c2)OC1(C)C. The van der Waals surface area contributed by atoms with Crippen molar-refractivity contribution in [1.82, 2.24) is 0 Å². The average molecular weight is 379 g/mol. The molecule has 1 aliphatic heterocycles. The largest absolute Gasteiger partial charge is 0.494 e. The van der Waals surface area contributed by atoms with Crippen LogP contribution in [0.1, 0.15) is 27.7 Å². The molecular formula is C22H20BClO3. The molecule has 0 unspecified atom stereocenters. The standard InChI is InChI=1S/C22H20BClO3/c1-21(2)22(3,4)27-23(26-21)14-6-10-19-18(12-14)17-8-5-13-11-15(24)7-9-16(13)20(17)25-19/h5-12H,1-4H3. The van der Waals surface area contributed by atoms with E-state index in [0.29, 0.717) is 0 Å². The Hall–Kier alpha value is -2.01. The second-order valence-corrected chi connectivity index (χ2v) is 8.69. The monoisotopic (exact) mass is 378 g/mol. The lowest BCUT2D eigenvalue weighted by molar-refractivity contribution is 0.00578. The van der Waals surface area contributed by atoms with Crippen molar-refractivity contribution < 1.29 is 13.7 Å². The van der Waals surface area contributed by atoms with Gasteiger partial charge in [0.15, 0.2) is 0 Å². The molecule has 0 amide bonds. The second-order valence-electron chi connectivity index (χ2n) is 8.25. The summed E-state index contributed by atoms with van der Waals surface area (Å²) in [6.07, 6.45) is 0. The van der Waals surface area contributed by atoms with Crippen molar-refractivity contribution >= 4 is 56.9 Å². The minimum atomic E-state index is -0.386. The first kappa shape index (κ1) is 17.1.